The summed E-state index contributed by atoms with van der Waals surface area (Å²) in [6, 6.07) is 3.10. The van der Waals surface area contributed by atoms with Crippen molar-refractivity contribution in [2.45, 2.75) is 84.3 Å². The Morgan fingerprint density at radius 1 is 1.22 bits per heavy atom. The number of likely N-dealkylation sites (tertiary alicyclic amines) is 1. The highest BCUT2D eigenvalue weighted by Gasteiger charge is 2.46. The molecular formula is C27H39F4N3O3. The number of rotatable bonds is 9. The zero-order chi connectivity index (χ0) is 27.7. The first kappa shape index (κ1) is 29.4. The number of fused-ring (bicyclic) bond motifs is 1. The Hall–Kier alpha value is -2.20. The molecule has 0 bridgehead atoms. The minimum absolute atomic E-state index is 0.0298. The number of alkyl halides is 3. The lowest BCUT2D eigenvalue weighted by molar-refractivity contribution is -0.140. The van der Waals surface area contributed by atoms with Crippen LogP contribution in [-0.2, 0) is 17.5 Å². The number of amides is 1. The monoisotopic (exact) mass is 529 g/mol. The molecule has 5 atom stereocenters. The number of nitrogens with one attached hydrogen (secondary N) is 1. The zero-order valence-corrected chi connectivity index (χ0v) is 22.2. The molecule has 37 heavy (non-hydrogen) atoms. The summed E-state index contributed by atoms with van der Waals surface area (Å²) in [7, 11) is 0. The third-order valence-electron chi connectivity index (χ3n) is 7.59. The summed E-state index contributed by atoms with van der Waals surface area (Å²) in [6.07, 6.45) is -3.42. The maximum atomic E-state index is 13.7. The summed E-state index contributed by atoms with van der Waals surface area (Å²) in [5.41, 5.74) is -1.59. The predicted octanol–water partition coefficient (Wildman–Crippen LogP) is 5.61. The van der Waals surface area contributed by atoms with Crippen molar-refractivity contribution in [2.75, 3.05) is 13.1 Å². The molecule has 1 aromatic rings. The van der Waals surface area contributed by atoms with Crippen LogP contribution in [0, 0.1) is 29.5 Å². The number of nitrogens with zero attached hydrogens (tertiary/aromatic N) is 2. The molecule has 208 valence electrons. The molecule has 1 aliphatic heterocycles. The number of halogens is 4. The van der Waals surface area contributed by atoms with Crippen molar-refractivity contribution in [2.24, 2.45) is 23.7 Å². The van der Waals surface area contributed by atoms with Crippen LogP contribution in [0.1, 0.15) is 65.0 Å². The number of hydrogen-bond acceptors (Lipinski definition) is 4. The lowest BCUT2D eigenvalue weighted by Gasteiger charge is -2.44. The fourth-order valence-corrected chi connectivity index (χ4v) is 6.08. The van der Waals surface area contributed by atoms with Gasteiger partial charge in [-0.25, -0.2) is 9.18 Å². The van der Waals surface area contributed by atoms with Crippen LogP contribution in [-0.4, -0.2) is 58.1 Å². The normalized spacial score (nSPS) is 24.2. The van der Waals surface area contributed by atoms with Gasteiger partial charge in [0.05, 0.1) is 11.7 Å². The van der Waals surface area contributed by atoms with E-state index in [4.69, 9.17) is 0 Å². The van der Waals surface area contributed by atoms with Crippen LogP contribution in [0.4, 0.5) is 22.4 Å². The minimum atomic E-state index is -4.75. The van der Waals surface area contributed by atoms with Gasteiger partial charge in [-0.05, 0) is 75.5 Å². The predicted molar refractivity (Wildman–Crippen MR) is 132 cm³/mol. The molecule has 2 fully saturated rings. The van der Waals surface area contributed by atoms with Gasteiger partial charge >= 0.3 is 12.3 Å². The minimum Gasteiger partial charge on any atom is -0.465 e. The van der Waals surface area contributed by atoms with Gasteiger partial charge in [0.15, 0.2) is 0 Å². The second kappa shape index (κ2) is 11.3. The van der Waals surface area contributed by atoms with Crippen molar-refractivity contribution < 1.29 is 32.3 Å². The SMILES string of the molecule is CC(C)C[C@H](C=O)C(N[C@@H]1CC[C@H]2CN(Cc3ccc(F)c(C(F)(F)F)c3)C[C@H]21)N(C(=O)O)C(C)(C)C. The van der Waals surface area contributed by atoms with Crippen LogP contribution in [0.15, 0.2) is 18.2 Å². The molecule has 1 unspecified atom stereocenters. The number of carbonyl (C=O) groups excluding carboxylic acids is 1. The Morgan fingerprint density at radius 3 is 2.43 bits per heavy atom. The van der Waals surface area contributed by atoms with Gasteiger partial charge in [-0.1, -0.05) is 19.9 Å². The lowest BCUT2D eigenvalue weighted by Crippen LogP contribution is -2.62. The average molecular weight is 530 g/mol. The molecule has 1 aliphatic carbocycles. The van der Waals surface area contributed by atoms with Gasteiger partial charge in [-0.2, -0.15) is 13.2 Å². The Labute approximate surface area is 216 Å². The van der Waals surface area contributed by atoms with Crippen LogP contribution < -0.4 is 5.32 Å². The van der Waals surface area contributed by atoms with E-state index in [2.05, 4.69) is 10.2 Å². The van der Waals surface area contributed by atoms with Crippen molar-refractivity contribution >= 4 is 12.4 Å². The first-order valence-electron chi connectivity index (χ1n) is 12.9. The summed E-state index contributed by atoms with van der Waals surface area (Å²) >= 11 is 0. The van der Waals surface area contributed by atoms with Crippen LogP contribution in [0.25, 0.3) is 0 Å². The third-order valence-corrected chi connectivity index (χ3v) is 7.59. The first-order valence-corrected chi connectivity index (χ1v) is 12.9. The number of hydrogen-bond donors (Lipinski definition) is 2. The van der Waals surface area contributed by atoms with Crippen molar-refractivity contribution in [1.82, 2.24) is 15.1 Å². The summed E-state index contributed by atoms with van der Waals surface area (Å²) in [5.74, 6) is -1.12. The highest BCUT2D eigenvalue weighted by Crippen LogP contribution is 2.40. The van der Waals surface area contributed by atoms with Crippen LogP contribution >= 0.6 is 0 Å². The second-order valence-corrected chi connectivity index (χ2v) is 12.0. The van der Waals surface area contributed by atoms with Gasteiger partial charge in [0.25, 0.3) is 0 Å². The van der Waals surface area contributed by atoms with E-state index >= 15 is 0 Å². The van der Waals surface area contributed by atoms with E-state index in [9.17, 15) is 32.3 Å². The highest BCUT2D eigenvalue weighted by molar-refractivity contribution is 5.68. The summed E-state index contributed by atoms with van der Waals surface area (Å²) < 4.78 is 53.2. The third kappa shape index (κ3) is 7.02. The molecule has 6 nitrogen and oxygen atoms in total. The van der Waals surface area contributed by atoms with Gasteiger partial charge in [0, 0.05) is 37.1 Å². The molecule has 1 heterocycles. The van der Waals surface area contributed by atoms with E-state index in [1.165, 1.54) is 11.0 Å². The summed E-state index contributed by atoms with van der Waals surface area (Å²) in [6.45, 7) is 11.0. The van der Waals surface area contributed by atoms with Gasteiger partial charge in [-0.15, -0.1) is 0 Å². The van der Waals surface area contributed by atoms with E-state index in [-0.39, 0.29) is 24.4 Å². The fourth-order valence-electron chi connectivity index (χ4n) is 6.08. The van der Waals surface area contributed by atoms with E-state index < -0.39 is 41.3 Å². The summed E-state index contributed by atoms with van der Waals surface area (Å²) in [4.78, 5) is 27.9. The number of carbonyl (C=O) groups is 2. The van der Waals surface area contributed by atoms with Gasteiger partial charge in [0.2, 0.25) is 0 Å². The Morgan fingerprint density at radius 2 is 1.89 bits per heavy atom. The quantitative estimate of drug-likeness (QED) is 0.247. The van der Waals surface area contributed by atoms with E-state index in [1.54, 1.807) is 20.8 Å². The molecule has 2 aliphatic rings. The Balaban J connectivity index is 1.78. The average Bonchev–Trinajstić information content (AvgIpc) is 3.31. The molecule has 0 aromatic heterocycles. The smallest absolute Gasteiger partial charge is 0.419 e. The lowest BCUT2D eigenvalue weighted by atomic mass is 9.90. The van der Waals surface area contributed by atoms with Crippen molar-refractivity contribution in [3.8, 4) is 0 Å². The molecule has 2 N–H and O–H groups in total. The second-order valence-electron chi connectivity index (χ2n) is 12.0. The van der Waals surface area contributed by atoms with Crippen molar-refractivity contribution in [3.63, 3.8) is 0 Å². The number of benzene rings is 1. The van der Waals surface area contributed by atoms with Crippen molar-refractivity contribution in [3.05, 3.63) is 35.1 Å². The van der Waals surface area contributed by atoms with Gasteiger partial charge in [-0.3, -0.25) is 15.1 Å². The van der Waals surface area contributed by atoms with Crippen LogP contribution in [0.2, 0.25) is 0 Å². The van der Waals surface area contributed by atoms with Gasteiger partial charge in [0.1, 0.15) is 12.1 Å². The molecule has 0 spiro atoms. The molecule has 3 rings (SSSR count). The van der Waals surface area contributed by atoms with Gasteiger partial charge < -0.3 is 9.90 Å². The largest absolute Gasteiger partial charge is 0.465 e. The molecular weight excluding hydrogens is 490 g/mol. The standard InChI is InChI=1S/C27H39F4N3O3/c1-16(2)10-19(15-35)24(34(25(36)37)26(3,4)5)32-23-9-7-18-13-33(14-20(18)23)12-17-6-8-22(28)21(11-17)27(29,30)31/h6,8,11,15-16,18-20,23-24,32H,7,9-10,12-14H2,1-5H3,(H,36,37)/t18-,19+,20+,23+,24?/m0/s1. The summed E-state index contributed by atoms with van der Waals surface area (Å²) in [5, 5.41) is 13.6. The number of carboxylic acid groups (broad SMARTS) is 1. The number of aldehydes is 1. The van der Waals surface area contributed by atoms with Crippen LogP contribution in [0.3, 0.4) is 0 Å². The molecule has 10 heteroatoms. The molecule has 0 radical (unpaired) electrons. The van der Waals surface area contributed by atoms with Crippen LogP contribution in [0.5, 0.6) is 0 Å². The molecule has 1 saturated carbocycles. The maximum Gasteiger partial charge on any atom is 0.419 e. The maximum absolute atomic E-state index is 13.7. The molecule has 1 aromatic carbocycles. The van der Waals surface area contributed by atoms with E-state index in [0.717, 1.165) is 31.3 Å². The fraction of sp³-hybridized carbons (Fsp3) is 0.704. The highest BCUT2D eigenvalue weighted by atomic mass is 19.4. The van der Waals surface area contributed by atoms with E-state index in [0.29, 0.717) is 31.0 Å². The first-order chi connectivity index (χ1) is 17.1. The topological polar surface area (TPSA) is 72.9 Å². The molecule has 1 amide bonds. The van der Waals surface area contributed by atoms with Crippen molar-refractivity contribution in [1.29, 1.82) is 0 Å². The molecule has 1 saturated heterocycles. The van der Waals surface area contributed by atoms with E-state index in [1.807, 2.05) is 13.8 Å². The zero-order valence-electron chi connectivity index (χ0n) is 22.2. The Bertz CT molecular complexity index is 963. The Kier molecular flexibility index (Phi) is 8.94.